The zero-order valence-electron chi connectivity index (χ0n) is 12.9. The van der Waals surface area contributed by atoms with Gasteiger partial charge in [-0.3, -0.25) is 0 Å². The molecule has 0 amide bonds. The van der Waals surface area contributed by atoms with E-state index in [9.17, 15) is 0 Å². The molecule has 6 rings (SSSR count). The summed E-state index contributed by atoms with van der Waals surface area (Å²) in [6.07, 6.45) is 5.93. The Bertz CT molecular complexity index is 644. The Morgan fingerprint density at radius 3 is 1.14 bits per heavy atom. The van der Waals surface area contributed by atoms with Crippen molar-refractivity contribution in [3.05, 3.63) is 71.8 Å². The van der Waals surface area contributed by atoms with Gasteiger partial charge in [-0.1, -0.05) is 60.7 Å². The molecular formula is C22H22. The molecular weight excluding hydrogens is 264 g/mol. The molecule has 22 heavy (non-hydrogen) atoms. The molecule has 0 heteroatoms. The first kappa shape index (κ1) is 11.9. The monoisotopic (exact) mass is 286 g/mol. The molecule has 0 N–H and O–H groups in total. The molecule has 4 saturated carbocycles. The molecule has 0 spiro atoms. The lowest BCUT2D eigenvalue weighted by molar-refractivity contribution is -0.195. The first-order valence-corrected chi connectivity index (χ1v) is 9.03. The largest absolute Gasteiger partial charge is 0.0622 e. The summed E-state index contributed by atoms with van der Waals surface area (Å²) in [4.78, 5) is 0. The third-order valence-electron chi connectivity index (χ3n) is 8.08. The zero-order valence-corrected chi connectivity index (χ0v) is 12.9. The summed E-state index contributed by atoms with van der Waals surface area (Å²) in [6, 6.07) is 23.1. The van der Waals surface area contributed by atoms with Crippen LogP contribution in [-0.4, -0.2) is 0 Å². The summed E-state index contributed by atoms with van der Waals surface area (Å²) >= 11 is 0. The van der Waals surface area contributed by atoms with E-state index in [1.807, 2.05) is 0 Å². The molecule has 0 aliphatic heterocycles. The molecule has 0 heterocycles. The second-order valence-corrected chi connectivity index (χ2v) is 8.05. The highest BCUT2D eigenvalue weighted by Crippen LogP contribution is 2.89. The average Bonchev–Trinajstić information content (AvgIpc) is 2.87. The molecule has 0 saturated heterocycles. The van der Waals surface area contributed by atoms with E-state index in [-0.39, 0.29) is 0 Å². The van der Waals surface area contributed by atoms with Crippen molar-refractivity contribution in [3.63, 3.8) is 0 Å². The van der Waals surface area contributed by atoms with Crippen LogP contribution >= 0.6 is 0 Å². The van der Waals surface area contributed by atoms with Crippen molar-refractivity contribution in [2.45, 2.75) is 36.5 Å². The number of hydrogen-bond donors (Lipinski definition) is 0. The topological polar surface area (TPSA) is 0 Å². The van der Waals surface area contributed by atoms with Gasteiger partial charge in [0.15, 0.2) is 0 Å². The Labute approximate surface area is 132 Å². The quantitative estimate of drug-likeness (QED) is 0.733. The van der Waals surface area contributed by atoms with Crippen molar-refractivity contribution in [2.75, 3.05) is 0 Å². The van der Waals surface area contributed by atoms with E-state index in [2.05, 4.69) is 60.7 Å². The van der Waals surface area contributed by atoms with Crippen LogP contribution in [0.1, 0.15) is 36.8 Å². The molecule has 2 aromatic rings. The maximum Gasteiger partial charge on any atom is 0.0118 e. The molecule has 2 aromatic carbocycles. The highest BCUT2D eigenvalue weighted by Gasteiger charge is 2.88. The van der Waals surface area contributed by atoms with E-state index >= 15 is 0 Å². The van der Waals surface area contributed by atoms with Crippen LogP contribution in [0.5, 0.6) is 0 Å². The van der Waals surface area contributed by atoms with Gasteiger partial charge in [0, 0.05) is 10.8 Å². The highest BCUT2D eigenvalue weighted by molar-refractivity contribution is 5.57. The molecule has 4 fully saturated rings. The number of rotatable bonds is 2. The highest BCUT2D eigenvalue weighted by atomic mass is 14.9. The fraction of sp³-hybridized carbons (Fsp3) is 0.455. The summed E-state index contributed by atoms with van der Waals surface area (Å²) < 4.78 is 0. The van der Waals surface area contributed by atoms with E-state index < -0.39 is 0 Å². The van der Waals surface area contributed by atoms with Crippen LogP contribution < -0.4 is 0 Å². The van der Waals surface area contributed by atoms with E-state index in [0.29, 0.717) is 10.8 Å². The van der Waals surface area contributed by atoms with Crippen LogP contribution in [0.15, 0.2) is 60.7 Å². The molecule has 4 aliphatic carbocycles. The van der Waals surface area contributed by atoms with Gasteiger partial charge in [0.25, 0.3) is 0 Å². The second kappa shape index (κ2) is 3.67. The van der Waals surface area contributed by atoms with Crippen molar-refractivity contribution in [2.24, 2.45) is 23.7 Å². The molecule has 4 unspecified atom stereocenters. The predicted molar refractivity (Wildman–Crippen MR) is 88.7 cm³/mol. The van der Waals surface area contributed by atoms with Gasteiger partial charge in [-0.25, -0.2) is 0 Å². The minimum Gasteiger partial charge on any atom is -0.0622 e. The van der Waals surface area contributed by atoms with Gasteiger partial charge in [-0.05, 0) is 60.5 Å². The minimum absolute atomic E-state index is 0.488. The summed E-state index contributed by atoms with van der Waals surface area (Å²) in [6.45, 7) is 0. The number of benzene rings is 2. The van der Waals surface area contributed by atoms with Gasteiger partial charge in [0.1, 0.15) is 0 Å². The first-order valence-electron chi connectivity index (χ1n) is 9.03. The summed E-state index contributed by atoms with van der Waals surface area (Å²) in [7, 11) is 0. The lowest BCUT2D eigenvalue weighted by atomic mass is 9.24. The Morgan fingerprint density at radius 1 is 0.500 bits per heavy atom. The molecule has 4 atom stereocenters. The Morgan fingerprint density at radius 2 is 0.818 bits per heavy atom. The molecule has 110 valence electrons. The normalized spacial score (nSPS) is 46.7. The lowest BCUT2D eigenvalue weighted by Crippen LogP contribution is -2.80. The maximum atomic E-state index is 2.43. The maximum absolute atomic E-state index is 2.43. The van der Waals surface area contributed by atoms with Gasteiger partial charge < -0.3 is 0 Å². The number of hydrogen-bond acceptors (Lipinski definition) is 0. The Hall–Kier alpha value is -1.56. The van der Waals surface area contributed by atoms with Gasteiger partial charge in [-0.2, -0.15) is 0 Å². The molecule has 0 radical (unpaired) electrons. The van der Waals surface area contributed by atoms with Crippen molar-refractivity contribution in [3.8, 4) is 0 Å². The summed E-state index contributed by atoms with van der Waals surface area (Å²) in [5.74, 6) is 3.83. The van der Waals surface area contributed by atoms with Gasteiger partial charge in [0.05, 0.1) is 0 Å². The predicted octanol–water partition coefficient (Wildman–Crippen LogP) is 4.94. The summed E-state index contributed by atoms with van der Waals surface area (Å²) in [5, 5.41) is 0. The molecule has 0 aromatic heterocycles. The van der Waals surface area contributed by atoms with Gasteiger partial charge >= 0.3 is 0 Å². The first-order chi connectivity index (χ1) is 10.9. The van der Waals surface area contributed by atoms with Crippen LogP contribution in [-0.2, 0) is 10.8 Å². The van der Waals surface area contributed by atoms with Crippen LogP contribution in [0.3, 0.4) is 0 Å². The van der Waals surface area contributed by atoms with Gasteiger partial charge in [0.2, 0.25) is 0 Å². The van der Waals surface area contributed by atoms with Gasteiger partial charge in [-0.15, -0.1) is 0 Å². The van der Waals surface area contributed by atoms with E-state index in [1.165, 1.54) is 25.7 Å². The third kappa shape index (κ3) is 0.935. The van der Waals surface area contributed by atoms with Crippen molar-refractivity contribution in [1.82, 2.24) is 0 Å². The molecule has 0 nitrogen and oxygen atoms in total. The lowest BCUT2D eigenvalue weighted by Gasteiger charge is -2.78. The van der Waals surface area contributed by atoms with E-state index in [1.54, 1.807) is 11.1 Å². The fourth-order valence-electron chi connectivity index (χ4n) is 8.05. The third-order valence-corrected chi connectivity index (χ3v) is 8.08. The average molecular weight is 286 g/mol. The van der Waals surface area contributed by atoms with Crippen molar-refractivity contribution >= 4 is 0 Å². The van der Waals surface area contributed by atoms with Crippen LogP contribution in [0, 0.1) is 23.7 Å². The number of fused-ring (bicyclic) bond motifs is 2. The zero-order chi connectivity index (χ0) is 14.4. The van der Waals surface area contributed by atoms with Crippen LogP contribution in [0.2, 0.25) is 0 Å². The summed E-state index contributed by atoms with van der Waals surface area (Å²) in [5.41, 5.74) is 4.28. The smallest absolute Gasteiger partial charge is 0.0118 e. The Balaban J connectivity index is 1.63. The molecule has 4 aliphatic rings. The fourth-order valence-corrected chi connectivity index (χ4v) is 8.05. The standard InChI is InChI=1S/C22H22/c1-3-7-15(8-4-1)21-17-11-12-18(21)20-14-13-19(17)22(20,21)16-9-5-2-6-10-16/h1-10,17-20H,11-14H2. The van der Waals surface area contributed by atoms with Crippen molar-refractivity contribution in [1.29, 1.82) is 0 Å². The minimum atomic E-state index is 0.488. The van der Waals surface area contributed by atoms with E-state index in [0.717, 1.165) is 23.7 Å². The van der Waals surface area contributed by atoms with Crippen LogP contribution in [0.4, 0.5) is 0 Å². The van der Waals surface area contributed by atoms with E-state index in [4.69, 9.17) is 0 Å². The second-order valence-electron chi connectivity index (χ2n) is 8.05. The van der Waals surface area contributed by atoms with Crippen molar-refractivity contribution < 1.29 is 0 Å². The Kier molecular flexibility index (Phi) is 1.99. The molecule has 0 bridgehead atoms. The van der Waals surface area contributed by atoms with Crippen LogP contribution in [0.25, 0.3) is 0 Å². The SMILES string of the molecule is c1ccc(C23C4CCC2C2CCC4C23c2ccccc2)cc1.